The molecule has 0 rings (SSSR count). The zero-order chi connectivity index (χ0) is 27.4. The van der Waals surface area contributed by atoms with Crippen molar-refractivity contribution >= 4 is 0 Å². The highest BCUT2D eigenvalue weighted by atomic mass is 16.6. The first-order valence-corrected chi connectivity index (χ1v) is 15.5. The molecule has 0 aromatic heterocycles. The lowest BCUT2D eigenvalue weighted by atomic mass is 9.78. The summed E-state index contributed by atoms with van der Waals surface area (Å²) in [4.78, 5) is 0. The minimum atomic E-state index is 0. The van der Waals surface area contributed by atoms with Crippen LogP contribution in [0.4, 0.5) is 0 Å². The molecular formula is C38H94O3. The van der Waals surface area contributed by atoms with E-state index in [1.54, 1.807) is 0 Å². The van der Waals surface area contributed by atoms with Gasteiger partial charge >= 0.3 is 0 Å². The van der Waals surface area contributed by atoms with Gasteiger partial charge < -0.3 is 14.2 Å². The summed E-state index contributed by atoms with van der Waals surface area (Å²) in [7, 11) is 0. The largest absolute Gasteiger partial charge is 0.379 e. The van der Waals surface area contributed by atoms with Crippen LogP contribution in [0.1, 0.15) is 204 Å². The zero-order valence-corrected chi connectivity index (χ0v) is 26.5. The lowest BCUT2D eigenvalue weighted by Crippen LogP contribution is -2.26. The molecule has 0 saturated heterocycles. The van der Waals surface area contributed by atoms with E-state index >= 15 is 0 Å². The Hall–Kier alpha value is -0.120. The predicted octanol–water partition coefficient (Wildman–Crippen LogP) is 14.5. The Morgan fingerprint density at radius 2 is 0.732 bits per heavy atom. The second-order valence-electron chi connectivity index (χ2n) is 10.5. The van der Waals surface area contributed by atoms with Crippen molar-refractivity contribution in [3.05, 3.63) is 0 Å². The first-order chi connectivity index (χ1) is 16.8. The third kappa shape index (κ3) is 39.9. The van der Waals surface area contributed by atoms with Gasteiger partial charge in [0.05, 0.1) is 13.2 Å². The highest BCUT2D eigenvalue weighted by Gasteiger charge is 2.20. The Labute approximate surface area is 268 Å². The minimum Gasteiger partial charge on any atom is -0.379 e. The van der Waals surface area contributed by atoms with Gasteiger partial charge in [0, 0.05) is 19.8 Å². The fourth-order valence-electron chi connectivity index (χ4n) is 3.71. The number of rotatable bonds is 21. The Balaban J connectivity index is -0.0000000549. The van der Waals surface area contributed by atoms with E-state index in [0.29, 0.717) is 24.0 Å². The molecule has 0 aliphatic rings. The molecule has 0 fully saturated rings. The van der Waals surface area contributed by atoms with Crippen molar-refractivity contribution < 1.29 is 14.2 Å². The van der Waals surface area contributed by atoms with Gasteiger partial charge in [-0.15, -0.1) is 0 Å². The van der Waals surface area contributed by atoms with E-state index in [4.69, 9.17) is 14.2 Å². The number of hydrogen-bond acceptors (Lipinski definition) is 3. The quantitative estimate of drug-likeness (QED) is 0.123. The highest BCUT2D eigenvalue weighted by molar-refractivity contribution is 4.72. The predicted molar refractivity (Wildman–Crippen MR) is 199 cm³/mol. The molecule has 264 valence electrons. The van der Waals surface area contributed by atoms with Crippen LogP contribution in [-0.2, 0) is 14.2 Å². The van der Waals surface area contributed by atoms with Gasteiger partial charge in [0.15, 0.2) is 0 Å². The summed E-state index contributed by atoms with van der Waals surface area (Å²) in [5.41, 5.74) is 1.29. The molecule has 3 nitrogen and oxygen atoms in total. The Morgan fingerprint density at radius 3 is 0.927 bits per heavy atom. The summed E-state index contributed by atoms with van der Waals surface area (Å²) < 4.78 is 17.0. The molecule has 0 saturated carbocycles. The normalized spacial score (nSPS) is 9.95. The molecule has 0 bridgehead atoms. The second-order valence-corrected chi connectivity index (χ2v) is 10.5. The lowest BCUT2D eigenvalue weighted by Gasteiger charge is -2.28. The molecule has 3 heteroatoms. The molecule has 0 aromatic rings. The maximum atomic E-state index is 5.79. The van der Waals surface area contributed by atoms with Crippen LogP contribution in [0, 0.1) is 10.8 Å². The third-order valence-electron chi connectivity index (χ3n) is 8.30. The number of ether oxygens (including phenoxy) is 3. The minimum absolute atomic E-state index is 0. The molecule has 0 amide bonds. The monoisotopic (exact) mass is 599 g/mol. The molecule has 0 radical (unpaired) electrons. The fraction of sp³-hybridized carbons (Fsp3) is 1.00. The lowest BCUT2D eigenvalue weighted by molar-refractivity contribution is -0.0611. The third-order valence-corrected chi connectivity index (χ3v) is 8.30. The van der Waals surface area contributed by atoms with Crippen molar-refractivity contribution in [3.8, 4) is 0 Å². The van der Waals surface area contributed by atoms with Gasteiger partial charge in [-0.25, -0.2) is 0 Å². The number of unbranched alkanes of at least 4 members (excludes halogenated alkanes) is 3. The van der Waals surface area contributed by atoms with Gasteiger partial charge in [-0.2, -0.15) is 0 Å². The Kier molecular flexibility index (Phi) is 73.1. The molecule has 0 atom stereocenters. The smallest absolute Gasteiger partial charge is 0.104 e. The number of hydrogen-bond donors (Lipinski definition) is 0. The summed E-state index contributed by atoms with van der Waals surface area (Å²) in [5.74, 6) is 0. The molecule has 0 heterocycles. The standard InChI is InChI=1S/C15H32O3.C9H20.C8H18.6CH4/c1-4-7-10-16-13-15(18-12-9-6-3)14-17-11-8-5-2;1-5-9(6-2,7-3)8-4;1-5-8(4,6-2)7-3;;;;;;/h15H,4-14H2,1-3H3;5-8H2,1-4H3;5-7H2,1-4H3;6*1H4. The average molecular weight is 599 g/mol. The molecule has 0 aliphatic carbocycles. The van der Waals surface area contributed by atoms with Gasteiger partial charge in [0.25, 0.3) is 0 Å². The maximum Gasteiger partial charge on any atom is 0.104 e. The van der Waals surface area contributed by atoms with E-state index in [-0.39, 0.29) is 50.7 Å². The van der Waals surface area contributed by atoms with Crippen molar-refractivity contribution in [2.45, 2.75) is 210 Å². The van der Waals surface area contributed by atoms with Crippen LogP contribution in [0.15, 0.2) is 0 Å². The molecule has 0 aromatic carbocycles. The molecular weight excluding hydrogens is 504 g/mol. The average Bonchev–Trinajstić information content (AvgIpc) is 2.90. The second kappa shape index (κ2) is 46.8. The van der Waals surface area contributed by atoms with Gasteiger partial charge in [-0.1, -0.05) is 185 Å². The van der Waals surface area contributed by atoms with Crippen LogP contribution in [0.2, 0.25) is 0 Å². The fourth-order valence-corrected chi connectivity index (χ4v) is 3.71. The van der Waals surface area contributed by atoms with Crippen molar-refractivity contribution in [2.75, 3.05) is 33.0 Å². The van der Waals surface area contributed by atoms with Crippen LogP contribution in [0.3, 0.4) is 0 Å². The van der Waals surface area contributed by atoms with Crippen molar-refractivity contribution in [3.63, 3.8) is 0 Å². The van der Waals surface area contributed by atoms with Crippen LogP contribution in [0.5, 0.6) is 0 Å². The van der Waals surface area contributed by atoms with Gasteiger partial charge in [-0.05, 0) is 30.1 Å². The van der Waals surface area contributed by atoms with Crippen LogP contribution in [-0.4, -0.2) is 39.1 Å². The summed E-state index contributed by atoms with van der Waals surface area (Å²) in [6, 6.07) is 0. The van der Waals surface area contributed by atoms with E-state index in [2.05, 4.69) is 76.2 Å². The van der Waals surface area contributed by atoms with Gasteiger partial charge in [0.2, 0.25) is 0 Å². The Bertz CT molecular complexity index is 338. The van der Waals surface area contributed by atoms with Gasteiger partial charge in [0.1, 0.15) is 6.10 Å². The summed E-state index contributed by atoms with van der Waals surface area (Å²) in [6.07, 6.45) is 16.3. The topological polar surface area (TPSA) is 27.7 Å². The SMILES string of the molecule is C.C.C.C.C.C.CCC(C)(CC)CC.CCC(CC)(CC)CC.CCCCOCC(COCCCC)OCCCC. The van der Waals surface area contributed by atoms with Crippen LogP contribution < -0.4 is 0 Å². The summed E-state index contributed by atoms with van der Waals surface area (Å²) in [6.45, 7) is 28.7. The molecule has 41 heavy (non-hydrogen) atoms. The van der Waals surface area contributed by atoms with Crippen LogP contribution in [0.25, 0.3) is 0 Å². The highest BCUT2D eigenvalue weighted by Crippen LogP contribution is 2.33. The molecule has 0 spiro atoms. The van der Waals surface area contributed by atoms with E-state index in [1.807, 2.05) is 0 Å². The van der Waals surface area contributed by atoms with Crippen molar-refractivity contribution in [1.82, 2.24) is 0 Å². The Morgan fingerprint density at radius 1 is 0.439 bits per heavy atom. The summed E-state index contributed by atoms with van der Waals surface area (Å²) >= 11 is 0. The zero-order valence-electron chi connectivity index (χ0n) is 26.5. The van der Waals surface area contributed by atoms with E-state index in [0.717, 1.165) is 39.1 Å². The van der Waals surface area contributed by atoms with Gasteiger partial charge in [-0.3, -0.25) is 0 Å². The van der Waals surface area contributed by atoms with Crippen molar-refractivity contribution in [1.29, 1.82) is 0 Å². The van der Waals surface area contributed by atoms with E-state index < -0.39 is 0 Å². The molecule has 0 unspecified atom stereocenters. The van der Waals surface area contributed by atoms with E-state index in [9.17, 15) is 0 Å². The summed E-state index contributed by atoms with van der Waals surface area (Å²) in [5, 5.41) is 0. The maximum absolute atomic E-state index is 5.79. The van der Waals surface area contributed by atoms with E-state index in [1.165, 1.54) is 64.2 Å². The van der Waals surface area contributed by atoms with Crippen LogP contribution >= 0.6 is 0 Å². The first-order valence-electron chi connectivity index (χ1n) is 15.5. The molecule has 0 N–H and O–H groups in total. The first kappa shape index (κ1) is 64.0. The van der Waals surface area contributed by atoms with Crippen molar-refractivity contribution in [2.24, 2.45) is 10.8 Å². The molecule has 0 aliphatic heterocycles.